The Hall–Kier alpha value is -1.32. The van der Waals surface area contributed by atoms with Gasteiger partial charge in [0, 0.05) is 5.02 Å². The molecule has 0 saturated carbocycles. The Morgan fingerprint density at radius 1 is 1.33 bits per heavy atom. The molecule has 1 heterocycles. The second kappa shape index (κ2) is 4.04. The molecule has 0 fully saturated rings. The van der Waals surface area contributed by atoms with Crippen molar-refractivity contribution in [3.8, 4) is 5.69 Å². The molecular weight excluding hydrogens is 212 g/mol. The maximum atomic E-state index is 9.22. The second-order valence-electron chi connectivity index (χ2n) is 3.32. The van der Waals surface area contributed by atoms with Crippen molar-refractivity contribution < 1.29 is 5.11 Å². The van der Waals surface area contributed by atoms with Crippen LogP contribution in [0.25, 0.3) is 5.69 Å². The molecule has 1 aromatic carbocycles. The fourth-order valence-corrected chi connectivity index (χ4v) is 1.58. The largest absolute Gasteiger partial charge is 0.390 e. The molecule has 0 amide bonds. The zero-order chi connectivity index (χ0) is 10.8. The van der Waals surface area contributed by atoms with Gasteiger partial charge in [-0.15, -0.1) is 0 Å². The number of aliphatic hydroxyl groups excluding tert-OH is 1. The van der Waals surface area contributed by atoms with Crippen LogP contribution in [-0.4, -0.2) is 14.9 Å². The van der Waals surface area contributed by atoms with Crippen LogP contribution in [0.15, 0.2) is 30.5 Å². The molecule has 0 saturated heterocycles. The molecule has 1 N–H and O–H groups in total. The van der Waals surface area contributed by atoms with Gasteiger partial charge in [-0.1, -0.05) is 11.6 Å². The molecular formula is C11H11ClN2O. The molecule has 1 aromatic heterocycles. The first-order valence-electron chi connectivity index (χ1n) is 4.62. The Morgan fingerprint density at radius 3 is 2.60 bits per heavy atom. The van der Waals surface area contributed by atoms with Crippen molar-refractivity contribution in [1.82, 2.24) is 9.78 Å². The van der Waals surface area contributed by atoms with E-state index in [1.165, 1.54) is 0 Å². The molecule has 78 valence electrons. The lowest BCUT2D eigenvalue weighted by Crippen LogP contribution is -2.02. The zero-order valence-electron chi connectivity index (χ0n) is 8.31. The smallest absolute Gasteiger partial charge is 0.0857 e. The van der Waals surface area contributed by atoms with E-state index in [1.807, 2.05) is 19.1 Å². The monoisotopic (exact) mass is 222 g/mol. The van der Waals surface area contributed by atoms with Gasteiger partial charge in [0.25, 0.3) is 0 Å². The van der Waals surface area contributed by atoms with Crippen LogP contribution in [0, 0.1) is 6.92 Å². The van der Waals surface area contributed by atoms with Crippen LogP contribution >= 0.6 is 11.6 Å². The highest BCUT2D eigenvalue weighted by Gasteiger charge is 2.07. The van der Waals surface area contributed by atoms with Crippen LogP contribution in [0.4, 0.5) is 0 Å². The standard InChI is InChI=1S/C11H11ClN2O/c1-8-6-13-14(11(8)7-15)10-4-2-9(12)3-5-10/h2-6,15H,7H2,1H3. The first-order chi connectivity index (χ1) is 7.22. The van der Waals surface area contributed by atoms with E-state index in [1.54, 1.807) is 23.0 Å². The van der Waals surface area contributed by atoms with Gasteiger partial charge in [0.2, 0.25) is 0 Å². The maximum absolute atomic E-state index is 9.22. The van der Waals surface area contributed by atoms with Crippen LogP contribution in [-0.2, 0) is 6.61 Å². The molecule has 2 aromatic rings. The minimum atomic E-state index is -0.0194. The molecule has 3 nitrogen and oxygen atoms in total. The summed E-state index contributed by atoms with van der Waals surface area (Å²) in [6.07, 6.45) is 1.74. The summed E-state index contributed by atoms with van der Waals surface area (Å²) in [5.41, 5.74) is 2.68. The lowest BCUT2D eigenvalue weighted by Gasteiger charge is -2.05. The Bertz CT molecular complexity index is 462. The summed E-state index contributed by atoms with van der Waals surface area (Å²) in [5.74, 6) is 0. The zero-order valence-corrected chi connectivity index (χ0v) is 9.07. The SMILES string of the molecule is Cc1cnn(-c2ccc(Cl)cc2)c1CO. The molecule has 0 bridgehead atoms. The quantitative estimate of drug-likeness (QED) is 0.847. The molecule has 4 heteroatoms. The van der Waals surface area contributed by atoms with Crippen molar-refractivity contribution >= 4 is 11.6 Å². The molecule has 0 unspecified atom stereocenters. The van der Waals surface area contributed by atoms with Crippen LogP contribution in [0.1, 0.15) is 11.3 Å². The first-order valence-corrected chi connectivity index (χ1v) is 5.00. The van der Waals surface area contributed by atoms with E-state index in [9.17, 15) is 5.11 Å². The van der Waals surface area contributed by atoms with Crippen LogP contribution in [0.5, 0.6) is 0 Å². The highest BCUT2D eigenvalue weighted by Crippen LogP contribution is 2.16. The first kappa shape index (κ1) is 10.2. The molecule has 0 aliphatic heterocycles. The average molecular weight is 223 g/mol. The summed E-state index contributed by atoms with van der Waals surface area (Å²) in [6.45, 7) is 1.90. The van der Waals surface area contributed by atoms with E-state index in [4.69, 9.17) is 11.6 Å². The Morgan fingerprint density at radius 2 is 2.00 bits per heavy atom. The van der Waals surface area contributed by atoms with E-state index in [0.29, 0.717) is 5.02 Å². The van der Waals surface area contributed by atoms with Gasteiger partial charge in [-0.05, 0) is 36.8 Å². The summed E-state index contributed by atoms with van der Waals surface area (Å²) in [6, 6.07) is 7.34. The van der Waals surface area contributed by atoms with Gasteiger partial charge in [0.1, 0.15) is 0 Å². The van der Waals surface area contributed by atoms with Gasteiger partial charge in [-0.3, -0.25) is 0 Å². The predicted molar refractivity (Wildman–Crippen MR) is 59.2 cm³/mol. The van der Waals surface area contributed by atoms with Gasteiger partial charge in [0.15, 0.2) is 0 Å². The minimum absolute atomic E-state index is 0.0194. The van der Waals surface area contributed by atoms with Crippen LogP contribution < -0.4 is 0 Å². The highest BCUT2D eigenvalue weighted by molar-refractivity contribution is 6.30. The average Bonchev–Trinajstić information content (AvgIpc) is 2.61. The molecule has 0 aliphatic carbocycles. The van der Waals surface area contributed by atoms with Crippen LogP contribution in [0.2, 0.25) is 5.02 Å². The van der Waals surface area contributed by atoms with Crippen molar-refractivity contribution in [3.05, 3.63) is 46.7 Å². The normalized spacial score (nSPS) is 10.6. The summed E-state index contributed by atoms with van der Waals surface area (Å²) in [4.78, 5) is 0. The second-order valence-corrected chi connectivity index (χ2v) is 3.76. The molecule has 0 aliphatic rings. The summed E-state index contributed by atoms with van der Waals surface area (Å²) in [7, 11) is 0. The fourth-order valence-electron chi connectivity index (χ4n) is 1.45. The van der Waals surface area contributed by atoms with E-state index in [2.05, 4.69) is 5.10 Å². The number of aromatic nitrogens is 2. The number of aryl methyl sites for hydroxylation is 1. The highest BCUT2D eigenvalue weighted by atomic mass is 35.5. The Kier molecular flexibility index (Phi) is 2.75. The van der Waals surface area contributed by atoms with E-state index in [0.717, 1.165) is 16.9 Å². The summed E-state index contributed by atoms with van der Waals surface area (Å²) >= 11 is 5.80. The number of hydrogen-bond acceptors (Lipinski definition) is 2. The van der Waals surface area contributed by atoms with Gasteiger partial charge >= 0.3 is 0 Å². The molecule has 0 atom stereocenters. The van der Waals surface area contributed by atoms with Crippen molar-refractivity contribution in [2.45, 2.75) is 13.5 Å². The van der Waals surface area contributed by atoms with E-state index in [-0.39, 0.29) is 6.61 Å². The molecule has 15 heavy (non-hydrogen) atoms. The number of aliphatic hydroxyl groups is 1. The third-order valence-electron chi connectivity index (χ3n) is 2.30. The number of hydrogen-bond donors (Lipinski definition) is 1. The van der Waals surface area contributed by atoms with Gasteiger partial charge in [0.05, 0.1) is 24.2 Å². The van der Waals surface area contributed by atoms with Crippen molar-refractivity contribution in [1.29, 1.82) is 0 Å². The van der Waals surface area contributed by atoms with E-state index >= 15 is 0 Å². The number of nitrogens with zero attached hydrogens (tertiary/aromatic N) is 2. The number of rotatable bonds is 2. The fraction of sp³-hybridized carbons (Fsp3) is 0.182. The summed E-state index contributed by atoms with van der Waals surface area (Å²) in [5, 5.41) is 14.1. The number of halogens is 1. The molecule has 0 radical (unpaired) electrons. The van der Waals surface area contributed by atoms with Crippen molar-refractivity contribution in [2.75, 3.05) is 0 Å². The van der Waals surface area contributed by atoms with Crippen molar-refractivity contribution in [3.63, 3.8) is 0 Å². The maximum Gasteiger partial charge on any atom is 0.0857 e. The summed E-state index contributed by atoms with van der Waals surface area (Å²) < 4.78 is 1.71. The topological polar surface area (TPSA) is 38.0 Å². The Labute approximate surface area is 92.9 Å². The third kappa shape index (κ3) is 1.89. The lowest BCUT2D eigenvalue weighted by atomic mass is 10.2. The molecule has 0 spiro atoms. The Balaban J connectivity index is 2.49. The predicted octanol–water partition coefficient (Wildman–Crippen LogP) is 2.33. The van der Waals surface area contributed by atoms with Gasteiger partial charge in [-0.25, -0.2) is 4.68 Å². The van der Waals surface area contributed by atoms with E-state index < -0.39 is 0 Å². The molecule has 2 rings (SSSR count). The minimum Gasteiger partial charge on any atom is -0.390 e. The van der Waals surface area contributed by atoms with Gasteiger partial charge in [-0.2, -0.15) is 5.10 Å². The van der Waals surface area contributed by atoms with Gasteiger partial charge < -0.3 is 5.11 Å². The third-order valence-corrected chi connectivity index (χ3v) is 2.55. The number of benzene rings is 1. The van der Waals surface area contributed by atoms with Crippen molar-refractivity contribution in [2.24, 2.45) is 0 Å². The van der Waals surface area contributed by atoms with Crippen LogP contribution in [0.3, 0.4) is 0 Å². The lowest BCUT2D eigenvalue weighted by molar-refractivity contribution is 0.272.